The molecule has 3 nitrogen and oxygen atoms in total. The van der Waals surface area contributed by atoms with Crippen LogP contribution in [0.15, 0.2) is 72.8 Å². The van der Waals surface area contributed by atoms with Crippen molar-refractivity contribution >= 4 is 44.8 Å². The predicted molar refractivity (Wildman–Crippen MR) is 210 cm³/mol. The van der Waals surface area contributed by atoms with Crippen LogP contribution in [0.4, 0.5) is 17.1 Å². The van der Waals surface area contributed by atoms with Gasteiger partial charge in [-0.1, -0.05) is 0 Å². The van der Waals surface area contributed by atoms with E-state index in [1.165, 1.54) is 30.1 Å². The van der Waals surface area contributed by atoms with E-state index in [2.05, 4.69) is 171 Å². The monoisotopic (exact) mass is 687 g/mol. The first-order valence-corrected chi connectivity index (χ1v) is 20.9. The SMILES string of the molecule is CC(C)CN(CC(C)C)c1cccc([As](c2cccc(N(CC(C)C)CC(C)C)c2)c2cccc(N(CC(C)C)CC(C)C)c2)c1. The first kappa shape index (κ1) is 38.1. The Balaban J connectivity index is 2.22. The van der Waals surface area contributed by atoms with Gasteiger partial charge in [0.1, 0.15) is 0 Å². The standard InChI is InChI=1S/C42H66AsN3/c1-31(2)25-44(26-32(3)4)40-19-13-16-37(22-40)43(38-17-14-20-41(23-38)45(27-33(5)6)28-34(7)8)39-18-15-21-42(24-39)46(29-35(9)10)30-36(11)12/h13-24,31-36H,25-30H2,1-12H3. The van der Waals surface area contributed by atoms with E-state index in [-0.39, 0.29) is 0 Å². The van der Waals surface area contributed by atoms with Crippen molar-refractivity contribution in [2.24, 2.45) is 35.5 Å². The fourth-order valence-corrected chi connectivity index (χ4v) is 11.4. The normalized spacial score (nSPS) is 12.1. The summed E-state index contributed by atoms with van der Waals surface area (Å²) in [6.07, 6.45) is 0. The molecule has 3 aromatic rings. The van der Waals surface area contributed by atoms with Gasteiger partial charge in [0.2, 0.25) is 0 Å². The molecule has 0 saturated heterocycles. The van der Waals surface area contributed by atoms with Gasteiger partial charge in [-0.2, -0.15) is 0 Å². The molecule has 3 rings (SSSR count). The van der Waals surface area contributed by atoms with Gasteiger partial charge in [0.25, 0.3) is 0 Å². The summed E-state index contributed by atoms with van der Waals surface area (Å²) in [5.41, 5.74) is 4.11. The van der Waals surface area contributed by atoms with Gasteiger partial charge in [-0.25, -0.2) is 0 Å². The van der Waals surface area contributed by atoms with Gasteiger partial charge in [-0.05, 0) is 0 Å². The molecule has 0 bridgehead atoms. The molecule has 0 aliphatic rings. The molecule has 0 aliphatic carbocycles. The summed E-state index contributed by atoms with van der Waals surface area (Å²) in [5.74, 6) is 3.70. The van der Waals surface area contributed by atoms with Gasteiger partial charge in [0.15, 0.2) is 0 Å². The van der Waals surface area contributed by atoms with Crippen LogP contribution >= 0.6 is 0 Å². The van der Waals surface area contributed by atoms with E-state index in [1.807, 2.05) is 0 Å². The molecular weight excluding hydrogens is 621 g/mol. The van der Waals surface area contributed by atoms with Crippen molar-refractivity contribution in [3.05, 3.63) is 72.8 Å². The van der Waals surface area contributed by atoms with Gasteiger partial charge in [0.05, 0.1) is 0 Å². The number of anilines is 3. The van der Waals surface area contributed by atoms with Crippen molar-refractivity contribution in [3.63, 3.8) is 0 Å². The van der Waals surface area contributed by atoms with E-state index < -0.39 is 14.7 Å². The zero-order valence-electron chi connectivity index (χ0n) is 31.4. The summed E-state index contributed by atoms with van der Waals surface area (Å²) in [7, 11) is 0. The molecular formula is C42H66AsN3. The topological polar surface area (TPSA) is 9.72 Å². The minimum absolute atomic E-state index is 0.616. The van der Waals surface area contributed by atoms with E-state index >= 15 is 0 Å². The van der Waals surface area contributed by atoms with Crippen molar-refractivity contribution in [1.29, 1.82) is 0 Å². The second-order valence-electron chi connectivity index (χ2n) is 16.0. The van der Waals surface area contributed by atoms with E-state index in [1.54, 1.807) is 0 Å². The Kier molecular flexibility index (Phi) is 15.1. The fourth-order valence-electron chi connectivity index (χ4n) is 6.43. The van der Waals surface area contributed by atoms with Crippen LogP contribution in [-0.2, 0) is 0 Å². The molecule has 46 heavy (non-hydrogen) atoms. The van der Waals surface area contributed by atoms with Gasteiger partial charge in [-0.15, -0.1) is 0 Å². The van der Waals surface area contributed by atoms with Crippen LogP contribution in [0.5, 0.6) is 0 Å². The van der Waals surface area contributed by atoms with Crippen LogP contribution in [0.3, 0.4) is 0 Å². The second-order valence-corrected chi connectivity index (χ2v) is 20.6. The molecule has 0 amide bonds. The Morgan fingerprint density at radius 1 is 0.370 bits per heavy atom. The Hall–Kier alpha value is -2.38. The molecule has 0 radical (unpaired) electrons. The number of hydrogen-bond donors (Lipinski definition) is 0. The van der Waals surface area contributed by atoms with E-state index in [0.29, 0.717) is 35.5 Å². The summed E-state index contributed by atoms with van der Waals surface area (Å²) in [4.78, 5) is 7.87. The van der Waals surface area contributed by atoms with Gasteiger partial charge in [0, 0.05) is 0 Å². The van der Waals surface area contributed by atoms with E-state index in [4.69, 9.17) is 0 Å². The fraction of sp³-hybridized carbons (Fsp3) is 0.571. The Labute approximate surface area is 289 Å². The Morgan fingerprint density at radius 3 is 0.783 bits per heavy atom. The number of nitrogens with zero attached hydrogens (tertiary/aromatic N) is 3. The molecule has 0 fully saturated rings. The van der Waals surface area contributed by atoms with Crippen LogP contribution in [0.25, 0.3) is 0 Å². The third-order valence-corrected chi connectivity index (χ3v) is 12.9. The molecule has 0 aromatic heterocycles. The Morgan fingerprint density at radius 2 is 0.587 bits per heavy atom. The van der Waals surface area contributed by atoms with Crippen LogP contribution < -0.4 is 27.8 Å². The van der Waals surface area contributed by atoms with Crippen molar-refractivity contribution in [2.75, 3.05) is 54.0 Å². The quantitative estimate of drug-likeness (QED) is 0.124. The molecule has 0 saturated carbocycles. The summed E-state index contributed by atoms with van der Waals surface area (Å²) in [6.45, 7) is 34.6. The van der Waals surface area contributed by atoms with E-state index in [0.717, 1.165) is 39.3 Å². The first-order chi connectivity index (χ1) is 21.7. The molecule has 4 heteroatoms. The van der Waals surface area contributed by atoms with Crippen molar-refractivity contribution < 1.29 is 0 Å². The van der Waals surface area contributed by atoms with Gasteiger partial charge in [-0.3, -0.25) is 0 Å². The zero-order chi connectivity index (χ0) is 34.0. The third-order valence-electron chi connectivity index (χ3n) is 7.87. The van der Waals surface area contributed by atoms with Crippen LogP contribution in [0, 0.1) is 35.5 Å². The summed E-state index contributed by atoms with van der Waals surface area (Å²) in [5, 5.41) is 0. The average molecular weight is 688 g/mol. The summed E-state index contributed by atoms with van der Waals surface area (Å²) >= 11 is -1.91. The second kappa shape index (κ2) is 18.2. The zero-order valence-corrected chi connectivity index (χ0v) is 33.3. The first-order valence-electron chi connectivity index (χ1n) is 18.1. The molecule has 254 valence electrons. The van der Waals surface area contributed by atoms with E-state index in [9.17, 15) is 0 Å². The molecule has 0 atom stereocenters. The van der Waals surface area contributed by atoms with Crippen molar-refractivity contribution in [2.45, 2.75) is 83.1 Å². The predicted octanol–water partition coefficient (Wildman–Crippen LogP) is 8.56. The molecule has 0 unspecified atom stereocenters. The van der Waals surface area contributed by atoms with Crippen LogP contribution in [0.1, 0.15) is 83.1 Å². The Bertz CT molecular complexity index is 1120. The van der Waals surface area contributed by atoms with Crippen LogP contribution in [0.2, 0.25) is 0 Å². The number of rotatable bonds is 18. The maximum absolute atomic E-state index is 2.62. The minimum atomic E-state index is -1.91. The van der Waals surface area contributed by atoms with Crippen molar-refractivity contribution in [1.82, 2.24) is 0 Å². The molecule has 0 N–H and O–H groups in total. The molecule has 0 spiro atoms. The summed E-state index contributed by atoms with van der Waals surface area (Å²) in [6, 6.07) is 28.9. The van der Waals surface area contributed by atoms with Crippen LogP contribution in [-0.4, -0.2) is 53.9 Å². The molecule has 0 aliphatic heterocycles. The van der Waals surface area contributed by atoms with Crippen molar-refractivity contribution in [3.8, 4) is 0 Å². The third kappa shape index (κ3) is 12.0. The maximum atomic E-state index is 2.62. The molecule has 0 heterocycles. The van der Waals surface area contributed by atoms with Gasteiger partial charge < -0.3 is 0 Å². The average Bonchev–Trinajstić information content (AvgIpc) is 2.95. The summed E-state index contributed by atoms with van der Waals surface area (Å²) < 4.78 is 4.53. The van der Waals surface area contributed by atoms with Gasteiger partial charge >= 0.3 is 290 Å². The number of benzene rings is 3. The number of hydrogen-bond acceptors (Lipinski definition) is 3. The molecule has 3 aromatic carbocycles.